The van der Waals surface area contributed by atoms with Crippen molar-refractivity contribution in [1.82, 2.24) is 15.5 Å². The third kappa shape index (κ3) is 2.70. The van der Waals surface area contributed by atoms with Crippen LogP contribution >= 0.6 is 11.3 Å². The predicted octanol–water partition coefficient (Wildman–Crippen LogP) is 1.87. The minimum Gasteiger partial charge on any atom is -0.323 e. The molecule has 0 aliphatic carbocycles. The number of imide groups is 1. The molecule has 0 saturated carbocycles. The molecule has 2 saturated heterocycles. The van der Waals surface area contributed by atoms with E-state index < -0.39 is 5.54 Å². The molecule has 1 aromatic rings. The van der Waals surface area contributed by atoms with E-state index >= 15 is 0 Å². The second kappa shape index (κ2) is 5.42. The van der Waals surface area contributed by atoms with Crippen LogP contribution in [-0.2, 0) is 11.3 Å². The Labute approximate surface area is 128 Å². The van der Waals surface area contributed by atoms with Crippen LogP contribution in [-0.4, -0.2) is 35.5 Å². The number of carbonyl (C=O) groups excluding carboxylic acids is 2. The fourth-order valence-corrected chi connectivity index (χ4v) is 4.23. The van der Waals surface area contributed by atoms with E-state index in [-0.39, 0.29) is 17.9 Å². The SMILES string of the molecule is Cc1ccsc1CN1CCC(C2(C)NC(=O)NC2=O)CC1. The molecule has 5 nitrogen and oxygen atoms in total. The van der Waals surface area contributed by atoms with Gasteiger partial charge in [-0.1, -0.05) is 0 Å². The number of aryl methyl sites for hydroxylation is 1. The van der Waals surface area contributed by atoms with Gasteiger partial charge in [-0.05, 0) is 62.7 Å². The molecule has 0 aromatic carbocycles. The number of urea groups is 1. The van der Waals surface area contributed by atoms with Crippen LogP contribution in [0.5, 0.6) is 0 Å². The fraction of sp³-hybridized carbons (Fsp3) is 0.600. The zero-order valence-corrected chi connectivity index (χ0v) is 13.3. The Morgan fingerprint density at radius 3 is 2.62 bits per heavy atom. The molecule has 1 atom stereocenters. The van der Waals surface area contributed by atoms with Gasteiger partial charge in [-0.2, -0.15) is 0 Å². The van der Waals surface area contributed by atoms with Crippen LogP contribution < -0.4 is 10.6 Å². The van der Waals surface area contributed by atoms with Crippen molar-refractivity contribution in [3.63, 3.8) is 0 Å². The molecule has 3 heterocycles. The monoisotopic (exact) mass is 307 g/mol. The number of hydrogen-bond acceptors (Lipinski definition) is 4. The van der Waals surface area contributed by atoms with E-state index in [1.807, 2.05) is 6.92 Å². The van der Waals surface area contributed by atoms with Gasteiger partial charge in [-0.15, -0.1) is 11.3 Å². The molecule has 6 heteroatoms. The van der Waals surface area contributed by atoms with E-state index in [9.17, 15) is 9.59 Å². The number of nitrogens with zero attached hydrogens (tertiary/aromatic N) is 1. The average Bonchev–Trinajstić information content (AvgIpc) is 2.95. The van der Waals surface area contributed by atoms with Gasteiger partial charge in [0.1, 0.15) is 5.54 Å². The Kier molecular flexibility index (Phi) is 3.75. The summed E-state index contributed by atoms with van der Waals surface area (Å²) in [6.45, 7) is 6.93. The van der Waals surface area contributed by atoms with Crippen LogP contribution in [0.2, 0.25) is 0 Å². The van der Waals surface area contributed by atoms with E-state index in [2.05, 4.69) is 33.9 Å². The fourth-order valence-electron chi connectivity index (χ4n) is 3.28. The van der Waals surface area contributed by atoms with Crippen molar-refractivity contribution in [1.29, 1.82) is 0 Å². The van der Waals surface area contributed by atoms with Crippen molar-refractivity contribution in [3.8, 4) is 0 Å². The Bertz CT molecular complexity index is 563. The molecule has 2 aliphatic heterocycles. The molecular weight excluding hydrogens is 286 g/mol. The van der Waals surface area contributed by atoms with Crippen LogP contribution in [0.1, 0.15) is 30.2 Å². The maximum absolute atomic E-state index is 12.0. The van der Waals surface area contributed by atoms with Gasteiger partial charge >= 0.3 is 6.03 Å². The van der Waals surface area contributed by atoms with Gasteiger partial charge < -0.3 is 5.32 Å². The number of nitrogens with one attached hydrogen (secondary N) is 2. The molecule has 0 spiro atoms. The Hall–Kier alpha value is -1.40. The van der Waals surface area contributed by atoms with Crippen molar-refractivity contribution in [2.45, 2.75) is 38.8 Å². The van der Waals surface area contributed by atoms with Gasteiger partial charge in [-0.3, -0.25) is 15.0 Å². The third-order valence-electron chi connectivity index (χ3n) is 4.81. The Morgan fingerprint density at radius 1 is 1.38 bits per heavy atom. The second-order valence-electron chi connectivity index (χ2n) is 6.19. The summed E-state index contributed by atoms with van der Waals surface area (Å²) in [5.41, 5.74) is 0.624. The highest BCUT2D eigenvalue weighted by Gasteiger charge is 2.48. The number of thiophene rings is 1. The van der Waals surface area contributed by atoms with Crippen LogP contribution in [0.25, 0.3) is 0 Å². The van der Waals surface area contributed by atoms with E-state index in [4.69, 9.17) is 0 Å². The second-order valence-corrected chi connectivity index (χ2v) is 7.19. The number of piperidine rings is 1. The molecule has 21 heavy (non-hydrogen) atoms. The Morgan fingerprint density at radius 2 is 2.10 bits per heavy atom. The molecule has 0 radical (unpaired) electrons. The van der Waals surface area contributed by atoms with Gasteiger partial charge in [0.15, 0.2) is 0 Å². The molecule has 2 aliphatic rings. The zero-order valence-electron chi connectivity index (χ0n) is 12.4. The number of likely N-dealkylation sites (tertiary alicyclic amines) is 1. The van der Waals surface area contributed by atoms with E-state index in [1.165, 1.54) is 10.4 Å². The van der Waals surface area contributed by atoms with Gasteiger partial charge in [0.25, 0.3) is 5.91 Å². The summed E-state index contributed by atoms with van der Waals surface area (Å²) in [6, 6.07) is 1.80. The van der Waals surface area contributed by atoms with Crippen LogP contribution in [0.15, 0.2) is 11.4 Å². The van der Waals surface area contributed by atoms with Gasteiger partial charge in [-0.25, -0.2) is 4.79 Å². The summed E-state index contributed by atoms with van der Waals surface area (Å²) >= 11 is 1.81. The quantitative estimate of drug-likeness (QED) is 0.838. The first-order chi connectivity index (χ1) is 9.99. The summed E-state index contributed by atoms with van der Waals surface area (Å²) in [5.74, 6) is 0.0321. The van der Waals surface area contributed by atoms with E-state index in [1.54, 1.807) is 11.3 Å². The predicted molar refractivity (Wildman–Crippen MR) is 82.1 cm³/mol. The molecular formula is C15H21N3O2S. The van der Waals surface area contributed by atoms with Crippen LogP contribution in [0.4, 0.5) is 4.79 Å². The lowest BCUT2D eigenvalue weighted by Gasteiger charge is -2.38. The maximum atomic E-state index is 12.0. The summed E-state index contributed by atoms with van der Waals surface area (Å²) in [6.07, 6.45) is 1.88. The average molecular weight is 307 g/mol. The highest BCUT2D eigenvalue weighted by atomic mass is 32.1. The standard InChI is InChI=1S/C15H21N3O2S/c1-10-5-8-21-12(10)9-18-6-3-11(4-7-18)15(2)13(19)16-14(20)17-15/h5,8,11H,3-4,6-7,9H2,1-2H3,(H2,16,17,19,20). The minimum absolute atomic E-state index is 0.181. The maximum Gasteiger partial charge on any atom is 0.322 e. The highest BCUT2D eigenvalue weighted by Crippen LogP contribution is 2.31. The minimum atomic E-state index is -0.734. The third-order valence-corrected chi connectivity index (χ3v) is 5.82. The van der Waals surface area contributed by atoms with Crippen molar-refractivity contribution in [3.05, 3.63) is 21.9 Å². The first-order valence-electron chi connectivity index (χ1n) is 7.38. The number of carbonyl (C=O) groups is 2. The molecule has 1 aromatic heterocycles. The van der Waals surface area contributed by atoms with Crippen LogP contribution in [0.3, 0.4) is 0 Å². The lowest BCUT2D eigenvalue weighted by molar-refractivity contribution is -0.125. The van der Waals surface area contributed by atoms with Gasteiger partial charge in [0.05, 0.1) is 0 Å². The van der Waals surface area contributed by atoms with E-state index in [0.717, 1.165) is 32.5 Å². The van der Waals surface area contributed by atoms with Crippen molar-refractivity contribution in [2.24, 2.45) is 5.92 Å². The lowest BCUT2D eigenvalue weighted by Crippen LogP contribution is -2.53. The molecule has 0 bridgehead atoms. The molecule has 3 amide bonds. The molecule has 2 fully saturated rings. The van der Waals surface area contributed by atoms with Gasteiger partial charge in [0, 0.05) is 11.4 Å². The smallest absolute Gasteiger partial charge is 0.322 e. The van der Waals surface area contributed by atoms with Crippen molar-refractivity contribution < 1.29 is 9.59 Å². The van der Waals surface area contributed by atoms with Crippen molar-refractivity contribution in [2.75, 3.05) is 13.1 Å². The normalized spacial score (nSPS) is 27.7. The molecule has 2 N–H and O–H groups in total. The number of amides is 3. The van der Waals surface area contributed by atoms with Crippen molar-refractivity contribution >= 4 is 23.3 Å². The number of rotatable bonds is 3. The molecule has 1 unspecified atom stereocenters. The topological polar surface area (TPSA) is 61.4 Å². The number of hydrogen-bond donors (Lipinski definition) is 2. The summed E-state index contributed by atoms with van der Waals surface area (Å²) < 4.78 is 0. The first-order valence-corrected chi connectivity index (χ1v) is 8.26. The van der Waals surface area contributed by atoms with Gasteiger partial charge in [0.2, 0.25) is 0 Å². The summed E-state index contributed by atoms with van der Waals surface area (Å²) in [4.78, 5) is 27.2. The Balaban J connectivity index is 1.59. The first kappa shape index (κ1) is 14.5. The summed E-state index contributed by atoms with van der Waals surface area (Å²) in [7, 11) is 0. The summed E-state index contributed by atoms with van der Waals surface area (Å²) in [5, 5.41) is 7.30. The molecule has 3 rings (SSSR count). The van der Waals surface area contributed by atoms with Crippen LogP contribution in [0, 0.1) is 12.8 Å². The highest BCUT2D eigenvalue weighted by molar-refractivity contribution is 7.10. The largest absolute Gasteiger partial charge is 0.323 e. The lowest BCUT2D eigenvalue weighted by atomic mass is 9.79. The van der Waals surface area contributed by atoms with E-state index in [0.29, 0.717) is 0 Å². The molecule has 114 valence electrons. The zero-order chi connectivity index (χ0) is 15.0.